The summed E-state index contributed by atoms with van der Waals surface area (Å²) >= 11 is 0. The van der Waals surface area contributed by atoms with Crippen LogP contribution in [0.1, 0.15) is 40.5 Å². The molecule has 0 amide bonds. The van der Waals surface area contributed by atoms with Crippen LogP contribution in [0.25, 0.3) is 0 Å². The molecule has 0 heterocycles. The summed E-state index contributed by atoms with van der Waals surface area (Å²) in [5, 5.41) is 0. The molecule has 0 saturated carbocycles. The van der Waals surface area contributed by atoms with Gasteiger partial charge in [0.25, 0.3) is 0 Å². The molecule has 0 radical (unpaired) electrons. The summed E-state index contributed by atoms with van der Waals surface area (Å²) in [7, 11) is 0. The van der Waals surface area contributed by atoms with E-state index in [0.29, 0.717) is 0 Å². The molecule has 20 heavy (non-hydrogen) atoms. The van der Waals surface area contributed by atoms with Crippen LogP contribution in [0, 0.1) is 0 Å². The van der Waals surface area contributed by atoms with Crippen molar-refractivity contribution in [1.82, 2.24) is 0 Å². The van der Waals surface area contributed by atoms with Crippen LogP contribution in [0.15, 0.2) is 83.1 Å². The van der Waals surface area contributed by atoms with Crippen LogP contribution in [-0.4, -0.2) is 0 Å². The van der Waals surface area contributed by atoms with Gasteiger partial charge in [-0.3, -0.25) is 0 Å². The molecule has 106 valence electrons. The molecule has 0 nitrogen and oxygen atoms in total. The predicted molar refractivity (Wildman–Crippen MR) is 91.7 cm³/mol. The maximum absolute atomic E-state index is 3.82. The van der Waals surface area contributed by atoms with Crippen LogP contribution >= 0.6 is 0 Å². The van der Waals surface area contributed by atoms with E-state index in [1.54, 1.807) is 0 Å². The Bertz CT molecular complexity index is 528. The van der Waals surface area contributed by atoms with Crippen molar-refractivity contribution in [2.45, 2.75) is 40.5 Å². The van der Waals surface area contributed by atoms with Crippen molar-refractivity contribution in [2.24, 2.45) is 0 Å². The fraction of sp³-hybridized carbons (Fsp3) is 0.300. The van der Waals surface area contributed by atoms with Gasteiger partial charge in [0.2, 0.25) is 0 Å². The van der Waals surface area contributed by atoms with Crippen LogP contribution in [0.3, 0.4) is 0 Å². The lowest BCUT2D eigenvalue weighted by Gasteiger charge is -2.04. The van der Waals surface area contributed by atoms with E-state index in [0.717, 1.165) is 12.8 Å². The fourth-order valence-electron chi connectivity index (χ4n) is 2.10. The first-order chi connectivity index (χ1) is 9.58. The molecule has 0 bridgehead atoms. The van der Waals surface area contributed by atoms with Gasteiger partial charge in [-0.2, -0.15) is 0 Å². The Labute approximate surface area is 124 Å². The molecule has 0 aliphatic heterocycles. The van der Waals surface area contributed by atoms with Gasteiger partial charge in [0.15, 0.2) is 0 Å². The second-order valence-electron chi connectivity index (χ2n) is 5.17. The zero-order chi connectivity index (χ0) is 15.0. The zero-order valence-electron chi connectivity index (χ0n) is 13.2. The first-order valence-corrected chi connectivity index (χ1v) is 7.31. The Hall–Kier alpha value is -1.82. The lowest BCUT2D eigenvalue weighted by molar-refractivity contribution is 1.15. The summed E-state index contributed by atoms with van der Waals surface area (Å²) in [6.45, 7) is 12.5. The van der Waals surface area contributed by atoms with E-state index in [1.807, 2.05) is 6.08 Å². The Morgan fingerprint density at radius 3 is 2.70 bits per heavy atom. The second-order valence-corrected chi connectivity index (χ2v) is 5.17. The van der Waals surface area contributed by atoms with Gasteiger partial charge in [-0.05, 0) is 55.9 Å². The average molecular weight is 266 g/mol. The predicted octanol–water partition coefficient (Wildman–Crippen LogP) is 6.23. The molecule has 1 aliphatic carbocycles. The molecule has 0 aromatic carbocycles. The maximum atomic E-state index is 3.82. The highest BCUT2D eigenvalue weighted by Gasteiger charge is 2.01. The molecule has 0 aromatic heterocycles. The van der Waals surface area contributed by atoms with Crippen molar-refractivity contribution < 1.29 is 0 Å². The van der Waals surface area contributed by atoms with Crippen LogP contribution in [0.4, 0.5) is 0 Å². The standard InChI is InChI=1S/C20H26/c1-6-19(7-2)14-12-16(3)13-15-20-17(4)10-8-9-11-18(20)5/h6,8,10-15H,1,7,9H2,2-5H3/b15-13+,16-12+,19-14+. The van der Waals surface area contributed by atoms with Gasteiger partial charge in [0.05, 0.1) is 0 Å². The molecule has 1 aliphatic rings. The third kappa shape index (κ3) is 5.05. The minimum absolute atomic E-state index is 1.02. The van der Waals surface area contributed by atoms with Crippen LogP contribution in [0.2, 0.25) is 0 Å². The molecule has 0 spiro atoms. The minimum Gasteiger partial charge on any atom is -0.0988 e. The van der Waals surface area contributed by atoms with Crippen molar-refractivity contribution >= 4 is 0 Å². The largest absolute Gasteiger partial charge is 0.0988 e. The Morgan fingerprint density at radius 2 is 2.05 bits per heavy atom. The fourth-order valence-corrected chi connectivity index (χ4v) is 2.10. The quantitative estimate of drug-likeness (QED) is 0.517. The van der Waals surface area contributed by atoms with E-state index < -0.39 is 0 Å². The third-order valence-corrected chi connectivity index (χ3v) is 3.52. The van der Waals surface area contributed by atoms with Crippen LogP contribution in [-0.2, 0) is 0 Å². The molecular formula is C20H26. The molecule has 0 atom stereocenters. The summed E-state index contributed by atoms with van der Waals surface area (Å²) in [6.07, 6.45) is 19.4. The van der Waals surface area contributed by atoms with E-state index >= 15 is 0 Å². The lowest BCUT2D eigenvalue weighted by Crippen LogP contribution is -1.85. The monoisotopic (exact) mass is 266 g/mol. The van der Waals surface area contributed by atoms with Gasteiger partial charge in [-0.15, -0.1) is 0 Å². The number of hydrogen-bond donors (Lipinski definition) is 0. The van der Waals surface area contributed by atoms with Crippen molar-refractivity contribution in [3.8, 4) is 0 Å². The molecule has 1 rings (SSSR count). The van der Waals surface area contributed by atoms with Crippen molar-refractivity contribution in [3.05, 3.63) is 83.1 Å². The highest BCUT2D eigenvalue weighted by Crippen LogP contribution is 2.21. The summed E-state index contributed by atoms with van der Waals surface area (Å²) < 4.78 is 0. The number of hydrogen-bond acceptors (Lipinski definition) is 0. The van der Waals surface area contributed by atoms with E-state index in [1.165, 1.54) is 27.9 Å². The summed E-state index contributed by atoms with van der Waals surface area (Å²) in [6, 6.07) is 0. The van der Waals surface area contributed by atoms with Gasteiger partial charge in [0.1, 0.15) is 0 Å². The lowest BCUT2D eigenvalue weighted by atomic mass is 10.0. The maximum Gasteiger partial charge on any atom is -0.0160 e. The molecule has 0 heteroatoms. The second kappa shape index (κ2) is 8.37. The molecule has 0 N–H and O–H groups in total. The first-order valence-electron chi connectivity index (χ1n) is 7.31. The van der Waals surface area contributed by atoms with Gasteiger partial charge < -0.3 is 0 Å². The smallest absolute Gasteiger partial charge is 0.0160 e. The van der Waals surface area contributed by atoms with E-state index in [-0.39, 0.29) is 0 Å². The molecule has 0 unspecified atom stereocenters. The Balaban J connectivity index is 2.91. The van der Waals surface area contributed by atoms with E-state index in [9.17, 15) is 0 Å². The summed E-state index contributed by atoms with van der Waals surface area (Å²) in [5.41, 5.74) is 6.53. The zero-order valence-corrected chi connectivity index (χ0v) is 13.2. The molecule has 0 aromatic rings. The van der Waals surface area contributed by atoms with Gasteiger partial charge in [-0.1, -0.05) is 67.7 Å². The normalized spacial score (nSPS) is 17.5. The van der Waals surface area contributed by atoms with Crippen LogP contribution < -0.4 is 0 Å². The highest BCUT2D eigenvalue weighted by atomic mass is 14.1. The van der Waals surface area contributed by atoms with E-state index in [2.05, 4.69) is 76.8 Å². The molecule has 0 saturated heterocycles. The van der Waals surface area contributed by atoms with Crippen molar-refractivity contribution in [1.29, 1.82) is 0 Å². The number of rotatable bonds is 5. The molecule has 0 fully saturated rings. The minimum atomic E-state index is 1.02. The van der Waals surface area contributed by atoms with Crippen molar-refractivity contribution in [2.75, 3.05) is 0 Å². The highest BCUT2D eigenvalue weighted by molar-refractivity contribution is 5.48. The van der Waals surface area contributed by atoms with Crippen molar-refractivity contribution in [3.63, 3.8) is 0 Å². The van der Waals surface area contributed by atoms with Gasteiger partial charge in [0, 0.05) is 0 Å². The topological polar surface area (TPSA) is 0 Å². The first kappa shape index (κ1) is 16.2. The van der Waals surface area contributed by atoms with Crippen LogP contribution in [0.5, 0.6) is 0 Å². The SMILES string of the molecule is C=C\C(=C/C=C(C)/C=C/C1=C(C)C=CCC=C1C)CC. The third-order valence-electron chi connectivity index (χ3n) is 3.52. The average Bonchev–Trinajstić information content (AvgIpc) is 2.59. The number of allylic oxidation sites excluding steroid dienone is 13. The summed E-state index contributed by atoms with van der Waals surface area (Å²) in [4.78, 5) is 0. The van der Waals surface area contributed by atoms with Gasteiger partial charge >= 0.3 is 0 Å². The van der Waals surface area contributed by atoms with Gasteiger partial charge in [-0.25, -0.2) is 0 Å². The van der Waals surface area contributed by atoms with E-state index in [4.69, 9.17) is 0 Å². The Morgan fingerprint density at radius 1 is 1.30 bits per heavy atom. The summed E-state index contributed by atoms with van der Waals surface area (Å²) in [5.74, 6) is 0. The molecular weight excluding hydrogens is 240 g/mol. The Kier molecular flexibility index (Phi) is 6.79.